The fourth-order valence-corrected chi connectivity index (χ4v) is 2.86. The van der Waals surface area contributed by atoms with Crippen molar-refractivity contribution in [1.82, 2.24) is 5.32 Å². The topological polar surface area (TPSA) is 12.0 Å². The lowest BCUT2D eigenvalue weighted by Crippen LogP contribution is -2.30. The van der Waals surface area contributed by atoms with Crippen molar-refractivity contribution in [3.8, 4) is 0 Å². The Bertz CT molecular complexity index is 221. The average molecular weight is 205 g/mol. The van der Waals surface area contributed by atoms with Gasteiger partial charge in [-0.3, -0.25) is 0 Å². The van der Waals surface area contributed by atoms with Crippen molar-refractivity contribution in [3.63, 3.8) is 0 Å². The molecule has 1 fully saturated rings. The van der Waals surface area contributed by atoms with Crippen molar-refractivity contribution >= 4 is 7.85 Å². The van der Waals surface area contributed by atoms with Crippen LogP contribution < -0.4 is 5.32 Å². The van der Waals surface area contributed by atoms with Crippen LogP contribution in [0.3, 0.4) is 0 Å². The summed E-state index contributed by atoms with van der Waals surface area (Å²) in [6.45, 7) is 4.82. The van der Waals surface area contributed by atoms with Gasteiger partial charge in [-0.1, -0.05) is 50.6 Å². The largest absolute Gasteiger partial charge is 0.316 e. The lowest BCUT2D eigenvalue weighted by Gasteiger charge is -2.31. The van der Waals surface area contributed by atoms with E-state index in [2.05, 4.69) is 32.2 Å². The summed E-state index contributed by atoms with van der Waals surface area (Å²) in [5.74, 6) is 3.60. The maximum Gasteiger partial charge on any atom is 0.105 e. The fraction of sp³-hybridized carbons (Fsp3) is 0.846. The summed E-state index contributed by atoms with van der Waals surface area (Å²) in [7, 11) is 2.42. The van der Waals surface area contributed by atoms with Crippen LogP contribution in [0, 0.1) is 17.8 Å². The number of hydrogen-bond acceptors (Lipinski definition) is 1. The van der Waals surface area contributed by atoms with E-state index in [1.54, 1.807) is 0 Å². The van der Waals surface area contributed by atoms with E-state index in [4.69, 9.17) is 0 Å². The summed E-state index contributed by atoms with van der Waals surface area (Å²) in [5.41, 5.74) is 0. The summed E-state index contributed by atoms with van der Waals surface area (Å²) in [4.78, 5) is 0. The van der Waals surface area contributed by atoms with Crippen molar-refractivity contribution < 1.29 is 0 Å². The van der Waals surface area contributed by atoms with Gasteiger partial charge in [0, 0.05) is 12.5 Å². The molecule has 0 aliphatic heterocycles. The molecule has 2 heteroatoms. The van der Waals surface area contributed by atoms with E-state index in [-0.39, 0.29) is 0 Å². The van der Waals surface area contributed by atoms with Crippen LogP contribution in [0.1, 0.15) is 32.6 Å². The first-order valence-electron chi connectivity index (χ1n) is 6.64. The van der Waals surface area contributed by atoms with Crippen molar-refractivity contribution in [1.29, 1.82) is 0 Å². The summed E-state index contributed by atoms with van der Waals surface area (Å²) >= 11 is 0. The second-order valence-electron chi connectivity index (χ2n) is 5.72. The molecule has 15 heavy (non-hydrogen) atoms. The minimum atomic E-state index is 0.780. The van der Waals surface area contributed by atoms with Gasteiger partial charge in [-0.05, 0) is 18.4 Å². The SMILES string of the molecule is BC1CCCC(C(C)CNCC2C=C2)C1. The molecule has 3 atom stereocenters. The molecule has 1 saturated carbocycles. The van der Waals surface area contributed by atoms with E-state index in [1.165, 1.54) is 38.8 Å². The zero-order chi connectivity index (χ0) is 10.7. The molecule has 2 aliphatic carbocycles. The van der Waals surface area contributed by atoms with Crippen molar-refractivity contribution in [2.75, 3.05) is 13.1 Å². The number of nitrogens with one attached hydrogen (secondary N) is 1. The maximum absolute atomic E-state index is 3.60. The first kappa shape index (κ1) is 11.3. The minimum Gasteiger partial charge on any atom is -0.316 e. The van der Waals surface area contributed by atoms with Gasteiger partial charge in [-0.25, -0.2) is 0 Å². The van der Waals surface area contributed by atoms with Crippen LogP contribution >= 0.6 is 0 Å². The quantitative estimate of drug-likeness (QED) is 0.534. The molecule has 0 saturated heterocycles. The Balaban J connectivity index is 1.62. The first-order valence-corrected chi connectivity index (χ1v) is 6.64. The third-order valence-corrected chi connectivity index (χ3v) is 4.09. The Morgan fingerprint density at radius 2 is 2.20 bits per heavy atom. The van der Waals surface area contributed by atoms with Crippen LogP contribution in [0.15, 0.2) is 12.2 Å². The lowest BCUT2D eigenvalue weighted by molar-refractivity contribution is 0.257. The second kappa shape index (κ2) is 5.20. The predicted molar refractivity (Wildman–Crippen MR) is 68.9 cm³/mol. The highest BCUT2D eigenvalue weighted by Gasteiger charge is 2.23. The lowest BCUT2D eigenvalue weighted by atomic mass is 9.68. The van der Waals surface area contributed by atoms with E-state index in [0.29, 0.717) is 0 Å². The van der Waals surface area contributed by atoms with Gasteiger partial charge in [0.25, 0.3) is 0 Å². The van der Waals surface area contributed by atoms with Crippen LogP contribution in [0.2, 0.25) is 5.82 Å². The molecule has 0 heterocycles. The van der Waals surface area contributed by atoms with E-state index >= 15 is 0 Å². The zero-order valence-corrected chi connectivity index (χ0v) is 10.2. The van der Waals surface area contributed by atoms with Gasteiger partial charge in [-0.15, -0.1) is 0 Å². The third-order valence-electron chi connectivity index (χ3n) is 4.09. The van der Waals surface area contributed by atoms with Crippen LogP contribution in [0.4, 0.5) is 0 Å². The van der Waals surface area contributed by atoms with Crippen LogP contribution in [0.25, 0.3) is 0 Å². The number of rotatable bonds is 5. The maximum atomic E-state index is 3.60. The second-order valence-corrected chi connectivity index (χ2v) is 5.72. The average Bonchev–Trinajstić information content (AvgIpc) is 3.01. The van der Waals surface area contributed by atoms with Crippen molar-refractivity contribution in [2.45, 2.75) is 38.4 Å². The molecule has 0 spiro atoms. The molecule has 0 aromatic heterocycles. The van der Waals surface area contributed by atoms with E-state index in [1.807, 2.05) is 0 Å². The molecule has 3 unspecified atom stereocenters. The highest BCUT2D eigenvalue weighted by atomic mass is 14.9. The van der Waals surface area contributed by atoms with Gasteiger partial charge in [0.05, 0.1) is 0 Å². The predicted octanol–water partition coefficient (Wildman–Crippen LogP) is 2.01. The van der Waals surface area contributed by atoms with Gasteiger partial charge in [0.2, 0.25) is 0 Å². The highest BCUT2D eigenvalue weighted by molar-refractivity contribution is 6.11. The molecule has 1 N–H and O–H groups in total. The van der Waals surface area contributed by atoms with Gasteiger partial charge in [-0.2, -0.15) is 0 Å². The van der Waals surface area contributed by atoms with Crippen LogP contribution in [-0.4, -0.2) is 20.9 Å². The summed E-state index contributed by atoms with van der Waals surface area (Å²) in [6, 6.07) is 0. The van der Waals surface area contributed by atoms with E-state index < -0.39 is 0 Å². The monoisotopic (exact) mass is 205 g/mol. The van der Waals surface area contributed by atoms with E-state index in [9.17, 15) is 0 Å². The smallest absolute Gasteiger partial charge is 0.105 e. The molecule has 84 valence electrons. The Morgan fingerprint density at radius 3 is 2.87 bits per heavy atom. The molecule has 0 aromatic carbocycles. The van der Waals surface area contributed by atoms with Crippen LogP contribution in [0.5, 0.6) is 0 Å². The molecule has 2 aliphatic rings. The zero-order valence-electron chi connectivity index (χ0n) is 10.2. The molecule has 0 amide bonds. The number of hydrogen-bond donors (Lipinski definition) is 1. The van der Waals surface area contributed by atoms with Gasteiger partial charge in [0.1, 0.15) is 7.85 Å². The first-order chi connectivity index (χ1) is 7.25. The Morgan fingerprint density at radius 1 is 1.40 bits per heavy atom. The van der Waals surface area contributed by atoms with Gasteiger partial charge >= 0.3 is 0 Å². The molecular formula is C13H24BN. The standard InChI is InChI=1S/C13H24BN/c1-10(8-15-9-11-5-6-11)12-3-2-4-13(14)7-12/h5-6,10-13,15H,2-4,7-9,14H2,1H3. The Hall–Kier alpha value is -0.235. The summed E-state index contributed by atoms with van der Waals surface area (Å²) in [5, 5.41) is 3.60. The van der Waals surface area contributed by atoms with Crippen LogP contribution in [-0.2, 0) is 0 Å². The molecule has 2 rings (SSSR count). The molecule has 0 radical (unpaired) electrons. The third kappa shape index (κ3) is 3.68. The molecule has 0 aromatic rings. The minimum absolute atomic E-state index is 0.780. The van der Waals surface area contributed by atoms with Gasteiger partial charge < -0.3 is 5.32 Å². The summed E-state index contributed by atoms with van der Waals surface area (Å²) in [6.07, 6.45) is 10.4. The highest BCUT2D eigenvalue weighted by Crippen LogP contribution is 2.35. The Kier molecular flexibility index (Phi) is 3.90. The normalized spacial score (nSPS) is 32.9. The van der Waals surface area contributed by atoms with E-state index in [0.717, 1.165) is 23.6 Å². The van der Waals surface area contributed by atoms with Crippen molar-refractivity contribution in [3.05, 3.63) is 12.2 Å². The molecule has 1 nitrogen and oxygen atoms in total. The van der Waals surface area contributed by atoms with Gasteiger partial charge in [0.15, 0.2) is 0 Å². The fourth-order valence-electron chi connectivity index (χ4n) is 2.86. The van der Waals surface area contributed by atoms with Crippen molar-refractivity contribution in [2.24, 2.45) is 17.8 Å². The molecule has 0 bridgehead atoms. The summed E-state index contributed by atoms with van der Waals surface area (Å²) < 4.78 is 0. The Labute approximate surface area is 95.1 Å². The molecular weight excluding hydrogens is 181 g/mol.